The number of hydrogen-bond donors (Lipinski definition) is 1. The number of esters is 1. The van der Waals surface area contributed by atoms with Crippen molar-refractivity contribution in [3.05, 3.63) is 0 Å². The fourth-order valence-corrected chi connectivity index (χ4v) is 2.24. The molecule has 0 aromatic carbocycles. The molecule has 0 heterocycles. The van der Waals surface area contributed by atoms with Crippen LogP contribution in [0.2, 0.25) is 0 Å². The number of methoxy groups -OCH3 is 1. The topological polar surface area (TPSA) is 38.3 Å². The van der Waals surface area contributed by atoms with Gasteiger partial charge in [-0.1, -0.05) is 26.2 Å². The Morgan fingerprint density at radius 3 is 2.60 bits per heavy atom. The van der Waals surface area contributed by atoms with Crippen LogP contribution in [0, 0.1) is 5.92 Å². The van der Waals surface area contributed by atoms with Gasteiger partial charge in [-0.05, 0) is 31.7 Å². The van der Waals surface area contributed by atoms with E-state index in [1.54, 1.807) is 0 Å². The molecule has 1 fully saturated rings. The summed E-state index contributed by atoms with van der Waals surface area (Å²) in [6.45, 7) is 2.98. The first kappa shape index (κ1) is 12.5. The lowest BCUT2D eigenvalue weighted by atomic mass is 9.89. The molecule has 1 rings (SSSR count). The first-order chi connectivity index (χ1) is 7.27. The highest BCUT2D eigenvalue weighted by Gasteiger charge is 2.19. The predicted octanol–water partition coefficient (Wildman–Crippen LogP) is 2.11. The molecule has 0 aromatic heterocycles. The Balaban J connectivity index is 2.23. The molecule has 0 aromatic rings. The second-order valence-corrected chi connectivity index (χ2v) is 4.40. The summed E-state index contributed by atoms with van der Waals surface area (Å²) in [6, 6.07) is -0.114. The largest absolute Gasteiger partial charge is 0.468 e. The number of hydrogen-bond acceptors (Lipinski definition) is 3. The van der Waals surface area contributed by atoms with Crippen LogP contribution in [0.25, 0.3) is 0 Å². The smallest absolute Gasteiger partial charge is 0.322 e. The zero-order valence-corrected chi connectivity index (χ0v) is 9.92. The third-order valence-corrected chi connectivity index (χ3v) is 3.27. The van der Waals surface area contributed by atoms with Crippen molar-refractivity contribution >= 4 is 5.97 Å². The summed E-state index contributed by atoms with van der Waals surface area (Å²) in [7, 11) is 1.45. The van der Waals surface area contributed by atoms with Crippen molar-refractivity contribution in [2.45, 2.75) is 51.5 Å². The van der Waals surface area contributed by atoms with Crippen LogP contribution in [-0.2, 0) is 9.53 Å². The van der Waals surface area contributed by atoms with Crippen molar-refractivity contribution < 1.29 is 9.53 Å². The highest BCUT2D eigenvalue weighted by Crippen LogP contribution is 2.22. The van der Waals surface area contributed by atoms with Crippen LogP contribution < -0.4 is 5.32 Å². The Labute approximate surface area is 92.6 Å². The minimum absolute atomic E-state index is 0.114. The predicted molar refractivity (Wildman–Crippen MR) is 60.7 cm³/mol. The van der Waals surface area contributed by atoms with Gasteiger partial charge in [0, 0.05) is 0 Å². The maximum absolute atomic E-state index is 11.3. The number of carbonyl (C=O) groups is 1. The van der Waals surface area contributed by atoms with Gasteiger partial charge >= 0.3 is 5.97 Å². The summed E-state index contributed by atoms with van der Waals surface area (Å²) >= 11 is 0. The molecule has 0 spiro atoms. The lowest BCUT2D eigenvalue weighted by Gasteiger charge is -2.24. The first-order valence-electron chi connectivity index (χ1n) is 6.09. The van der Waals surface area contributed by atoms with Gasteiger partial charge in [0.25, 0.3) is 0 Å². The normalized spacial score (nSPS) is 19.9. The van der Waals surface area contributed by atoms with Crippen molar-refractivity contribution in [1.29, 1.82) is 0 Å². The maximum atomic E-state index is 11.3. The fourth-order valence-electron chi connectivity index (χ4n) is 2.24. The van der Waals surface area contributed by atoms with E-state index >= 15 is 0 Å². The third kappa shape index (κ3) is 4.20. The quantitative estimate of drug-likeness (QED) is 0.711. The number of carbonyl (C=O) groups excluding carboxylic acids is 1. The average molecular weight is 213 g/mol. The molecule has 0 radical (unpaired) electrons. The number of nitrogens with one attached hydrogen (secondary N) is 1. The van der Waals surface area contributed by atoms with Gasteiger partial charge in [-0.2, -0.15) is 0 Å². The molecule has 0 saturated heterocycles. The van der Waals surface area contributed by atoms with E-state index in [9.17, 15) is 4.79 Å². The fraction of sp³-hybridized carbons (Fsp3) is 0.917. The molecular weight excluding hydrogens is 190 g/mol. The molecule has 0 aliphatic heterocycles. The summed E-state index contributed by atoms with van der Waals surface area (Å²) in [6.07, 6.45) is 7.50. The van der Waals surface area contributed by atoms with Crippen LogP contribution in [0.4, 0.5) is 0 Å². The summed E-state index contributed by atoms with van der Waals surface area (Å²) in [4.78, 5) is 11.3. The summed E-state index contributed by atoms with van der Waals surface area (Å²) in [5, 5.41) is 3.32. The molecular formula is C12H23NO2. The molecule has 1 saturated carbocycles. The van der Waals surface area contributed by atoms with Crippen molar-refractivity contribution in [2.75, 3.05) is 13.7 Å². The third-order valence-electron chi connectivity index (χ3n) is 3.27. The van der Waals surface area contributed by atoms with E-state index in [-0.39, 0.29) is 12.0 Å². The van der Waals surface area contributed by atoms with Crippen molar-refractivity contribution in [2.24, 2.45) is 5.92 Å². The van der Waals surface area contributed by atoms with Crippen LogP contribution in [0.5, 0.6) is 0 Å². The average Bonchev–Trinajstić information content (AvgIpc) is 2.31. The zero-order valence-electron chi connectivity index (χ0n) is 9.92. The van der Waals surface area contributed by atoms with Crippen LogP contribution in [-0.4, -0.2) is 25.7 Å². The highest BCUT2D eigenvalue weighted by atomic mass is 16.5. The standard InChI is InChI=1S/C12H23NO2/c1-3-11(12(14)15-2)13-9-10-7-5-4-6-8-10/h10-11,13H,3-9H2,1-2H3. The van der Waals surface area contributed by atoms with Crippen LogP contribution in [0.1, 0.15) is 45.4 Å². The monoisotopic (exact) mass is 213 g/mol. The van der Waals surface area contributed by atoms with Crippen LogP contribution >= 0.6 is 0 Å². The summed E-state index contributed by atoms with van der Waals surface area (Å²) in [5.74, 6) is 0.630. The molecule has 3 nitrogen and oxygen atoms in total. The Bertz CT molecular complexity index is 188. The lowest BCUT2D eigenvalue weighted by molar-refractivity contribution is -0.143. The molecule has 0 bridgehead atoms. The Hall–Kier alpha value is -0.570. The first-order valence-corrected chi connectivity index (χ1v) is 6.09. The molecule has 15 heavy (non-hydrogen) atoms. The van der Waals surface area contributed by atoms with E-state index in [2.05, 4.69) is 5.32 Å². The van der Waals surface area contributed by atoms with Gasteiger partial charge in [0.1, 0.15) is 6.04 Å². The highest BCUT2D eigenvalue weighted by molar-refractivity contribution is 5.75. The lowest BCUT2D eigenvalue weighted by Crippen LogP contribution is -2.40. The van der Waals surface area contributed by atoms with Crippen molar-refractivity contribution in [1.82, 2.24) is 5.32 Å². The Morgan fingerprint density at radius 2 is 2.07 bits per heavy atom. The van der Waals surface area contributed by atoms with E-state index in [0.29, 0.717) is 0 Å². The van der Waals surface area contributed by atoms with E-state index in [0.717, 1.165) is 18.9 Å². The minimum atomic E-state index is -0.131. The van der Waals surface area contributed by atoms with Gasteiger partial charge < -0.3 is 10.1 Å². The van der Waals surface area contributed by atoms with E-state index in [1.165, 1.54) is 39.2 Å². The van der Waals surface area contributed by atoms with E-state index in [4.69, 9.17) is 4.74 Å². The van der Waals surface area contributed by atoms with E-state index in [1.807, 2.05) is 6.92 Å². The molecule has 1 aliphatic carbocycles. The second kappa shape index (κ2) is 6.83. The molecule has 1 atom stereocenters. The Kier molecular flexibility index (Phi) is 5.69. The summed E-state index contributed by atoms with van der Waals surface area (Å²) in [5.41, 5.74) is 0. The molecule has 1 unspecified atom stereocenters. The van der Waals surface area contributed by atoms with Gasteiger partial charge in [0.05, 0.1) is 7.11 Å². The Morgan fingerprint density at radius 1 is 1.40 bits per heavy atom. The zero-order chi connectivity index (χ0) is 11.1. The second-order valence-electron chi connectivity index (χ2n) is 4.40. The van der Waals surface area contributed by atoms with Gasteiger partial charge in [0.15, 0.2) is 0 Å². The molecule has 0 amide bonds. The van der Waals surface area contributed by atoms with Gasteiger partial charge in [-0.25, -0.2) is 0 Å². The SMILES string of the molecule is CCC(NCC1CCCCC1)C(=O)OC. The molecule has 88 valence electrons. The van der Waals surface area contributed by atoms with Crippen LogP contribution in [0.15, 0.2) is 0 Å². The number of ether oxygens (including phenoxy) is 1. The van der Waals surface area contributed by atoms with Gasteiger partial charge in [-0.15, -0.1) is 0 Å². The van der Waals surface area contributed by atoms with Crippen molar-refractivity contribution in [3.63, 3.8) is 0 Å². The maximum Gasteiger partial charge on any atom is 0.322 e. The minimum Gasteiger partial charge on any atom is -0.468 e. The molecule has 1 N–H and O–H groups in total. The number of rotatable bonds is 5. The van der Waals surface area contributed by atoms with Gasteiger partial charge in [-0.3, -0.25) is 4.79 Å². The summed E-state index contributed by atoms with van der Waals surface area (Å²) < 4.78 is 4.74. The molecule has 1 aliphatic rings. The van der Waals surface area contributed by atoms with Gasteiger partial charge in [0.2, 0.25) is 0 Å². The molecule has 3 heteroatoms. The van der Waals surface area contributed by atoms with E-state index < -0.39 is 0 Å². The van der Waals surface area contributed by atoms with Crippen molar-refractivity contribution in [3.8, 4) is 0 Å². The van der Waals surface area contributed by atoms with Crippen LogP contribution in [0.3, 0.4) is 0 Å².